The second-order valence-electron chi connectivity index (χ2n) is 3.08. The van der Waals surface area contributed by atoms with Crippen molar-refractivity contribution in [1.82, 2.24) is 0 Å². The number of thiol groups is 1. The zero-order valence-corrected chi connectivity index (χ0v) is 9.25. The SMILES string of the molecule is CCOc1ccc(S)c(C(C)C=O)c1. The molecule has 0 N–H and O–H groups in total. The number of aldehydes is 1. The smallest absolute Gasteiger partial charge is 0.127 e. The van der Waals surface area contributed by atoms with Gasteiger partial charge in [0.2, 0.25) is 0 Å². The van der Waals surface area contributed by atoms with Gasteiger partial charge < -0.3 is 9.53 Å². The summed E-state index contributed by atoms with van der Waals surface area (Å²) in [5.41, 5.74) is 0.911. The molecule has 0 aliphatic rings. The maximum Gasteiger partial charge on any atom is 0.127 e. The van der Waals surface area contributed by atoms with Gasteiger partial charge in [-0.05, 0) is 30.7 Å². The number of hydrogen-bond donors (Lipinski definition) is 1. The summed E-state index contributed by atoms with van der Waals surface area (Å²) in [6.45, 7) is 4.40. The lowest BCUT2D eigenvalue weighted by molar-refractivity contribution is -0.108. The third-order valence-electron chi connectivity index (χ3n) is 2.00. The Morgan fingerprint density at radius 3 is 2.86 bits per heavy atom. The van der Waals surface area contributed by atoms with Crippen LogP contribution < -0.4 is 4.74 Å². The quantitative estimate of drug-likeness (QED) is 0.611. The molecule has 14 heavy (non-hydrogen) atoms. The van der Waals surface area contributed by atoms with Crippen LogP contribution in [-0.2, 0) is 4.79 Å². The molecule has 0 saturated heterocycles. The van der Waals surface area contributed by atoms with Gasteiger partial charge in [-0.2, -0.15) is 0 Å². The molecule has 0 aliphatic carbocycles. The van der Waals surface area contributed by atoms with Gasteiger partial charge in [-0.15, -0.1) is 12.6 Å². The first-order valence-corrected chi connectivity index (χ1v) is 5.04. The summed E-state index contributed by atoms with van der Waals surface area (Å²) >= 11 is 4.29. The van der Waals surface area contributed by atoms with Crippen LogP contribution in [0.1, 0.15) is 25.3 Å². The van der Waals surface area contributed by atoms with Crippen LogP contribution >= 0.6 is 12.6 Å². The molecular weight excluding hydrogens is 196 g/mol. The van der Waals surface area contributed by atoms with E-state index in [1.54, 1.807) is 0 Å². The normalized spacial score (nSPS) is 12.2. The molecule has 0 spiro atoms. The van der Waals surface area contributed by atoms with E-state index in [1.807, 2.05) is 32.0 Å². The van der Waals surface area contributed by atoms with Crippen LogP contribution in [0.2, 0.25) is 0 Å². The van der Waals surface area contributed by atoms with E-state index in [9.17, 15) is 4.79 Å². The van der Waals surface area contributed by atoms with E-state index in [-0.39, 0.29) is 5.92 Å². The van der Waals surface area contributed by atoms with Crippen molar-refractivity contribution < 1.29 is 9.53 Å². The van der Waals surface area contributed by atoms with Crippen LogP contribution in [0.4, 0.5) is 0 Å². The second kappa shape index (κ2) is 5.05. The predicted octanol–water partition coefficient (Wildman–Crippen LogP) is 2.68. The first-order chi connectivity index (χ1) is 6.69. The predicted molar refractivity (Wildman–Crippen MR) is 59.3 cm³/mol. The molecule has 0 heterocycles. The molecule has 3 heteroatoms. The van der Waals surface area contributed by atoms with Gasteiger partial charge in [0.25, 0.3) is 0 Å². The zero-order chi connectivity index (χ0) is 10.6. The maximum atomic E-state index is 10.7. The van der Waals surface area contributed by atoms with Crippen molar-refractivity contribution in [2.24, 2.45) is 0 Å². The monoisotopic (exact) mass is 210 g/mol. The van der Waals surface area contributed by atoms with E-state index in [2.05, 4.69) is 12.6 Å². The highest BCUT2D eigenvalue weighted by Gasteiger charge is 2.08. The Morgan fingerprint density at radius 1 is 1.57 bits per heavy atom. The summed E-state index contributed by atoms with van der Waals surface area (Å²) in [6.07, 6.45) is 0.908. The highest BCUT2D eigenvalue weighted by molar-refractivity contribution is 7.80. The van der Waals surface area contributed by atoms with Crippen molar-refractivity contribution in [2.45, 2.75) is 24.7 Å². The highest BCUT2D eigenvalue weighted by atomic mass is 32.1. The van der Waals surface area contributed by atoms with Crippen molar-refractivity contribution in [3.8, 4) is 5.75 Å². The zero-order valence-electron chi connectivity index (χ0n) is 8.36. The molecule has 1 atom stereocenters. The van der Waals surface area contributed by atoms with Crippen molar-refractivity contribution in [3.63, 3.8) is 0 Å². The Hall–Kier alpha value is -0.960. The molecule has 0 radical (unpaired) electrons. The summed E-state index contributed by atoms with van der Waals surface area (Å²) < 4.78 is 5.35. The molecule has 1 aromatic carbocycles. The summed E-state index contributed by atoms with van der Waals surface area (Å²) in [7, 11) is 0. The number of benzene rings is 1. The van der Waals surface area contributed by atoms with Crippen LogP contribution in [0.15, 0.2) is 23.1 Å². The summed E-state index contributed by atoms with van der Waals surface area (Å²) in [6, 6.07) is 5.57. The van der Waals surface area contributed by atoms with Crippen molar-refractivity contribution in [2.75, 3.05) is 6.61 Å². The molecule has 0 bridgehead atoms. The van der Waals surface area contributed by atoms with Crippen molar-refractivity contribution in [3.05, 3.63) is 23.8 Å². The van der Waals surface area contributed by atoms with Gasteiger partial charge in [0.05, 0.1) is 6.61 Å². The number of rotatable bonds is 4. The summed E-state index contributed by atoms with van der Waals surface area (Å²) in [4.78, 5) is 11.5. The molecule has 0 saturated carbocycles. The Labute approximate surface area is 89.7 Å². The molecular formula is C11H14O2S. The number of hydrogen-bond acceptors (Lipinski definition) is 3. The van der Waals surface area contributed by atoms with Gasteiger partial charge in [0, 0.05) is 10.8 Å². The van der Waals surface area contributed by atoms with E-state index in [4.69, 9.17) is 4.74 Å². The number of ether oxygens (including phenoxy) is 1. The third kappa shape index (κ3) is 2.51. The van der Waals surface area contributed by atoms with Crippen LogP contribution in [0.25, 0.3) is 0 Å². The van der Waals surface area contributed by atoms with Gasteiger partial charge >= 0.3 is 0 Å². The molecule has 0 amide bonds. The standard InChI is InChI=1S/C11H14O2S/c1-3-13-9-4-5-11(14)10(6-9)8(2)7-12/h4-8,14H,3H2,1-2H3. The minimum atomic E-state index is -0.136. The maximum absolute atomic E-state index is 10.7. The summed E-state index contributed by atoms with van der Waals surface area (Å²) in [5, 5.41) is 0. The van der Waals surface area contributed by atoms with E-state index in [1.165, 1.54) is 0 Å². The van der Waals surface area contributed by atoms with Gasteiger partial charge in [0.1, 0.15) is 12.0 Å². The molecule has 76 valence electrons. The molecule has 0 fully saturated rings. The Kier molecular flexibility index (Phi) is 4.01. The Morgan fingerprint density at radius 2 is 2.29 bits per heavy atom. The fourth-order valence-electron chi connectivity index (χ4n) is 1.23. The minimum Gasteiger partial charge on any atom is -0.494 e. The van der Waals surface area contributed by atoms with Gasteiger partial charge in [-0.1, -0.05) is 6.92 Å². The average Bonchev–Trinajstić information content (AvgIpc) is 2.20. The van der Waals surface area contributed by atoms with Crippen LogP contribution in [0.5, 0.6) is 5.75 Å². The van der Waals surface area contributed by atoms with Gasteiger partial charge in [-0.3, -0.25) is 0 Å². The third-order valence-corrected chi connectivity index (χ3v) is 2.41. The van der Waals surface area contributed by atoms with E-state index in [0.29, 0.717) is 6.61 Å². The Balaban J connectivity index is 3.01. The topological polar surface area (TPSA) is 26.3 Å². The molecule has 0 aliphatic heterocycles. The van der Waals surface area contributed by atoms with Crippen LogP contribution in [0.3, 0.4) is 0 Å². The lowest BCUT2D eigenvalue weighted by Crippen LogP contribution is -1.98. The average molecular weight is 210 g/mol. The first kappa shape index (κ1) is 11.1. The minimum absolute atomic E-state index is 0.136. The molecule has 2 nitrogen and oxygen atoms in total. The molecule has 1 rings (SSSR count). The number of carbonyl (C=O) groups is 1. The lowest BCUT2D eigenvalue weighted by Gasteiger charge is -2.10. The fraction of sp³-hybridized carbons (Fsp3) is 0.364. The van der Waals surface area contributed by atoms with E-state index >= 15 is 0 Å². The van der Waals surface area contributed by atoms with E-state index < -0.39 is 0 Å². The highest BCUT2D eigenvalue weighted by Crippen LogP contribution is 2.26. The second-order valence-corrected chi connectivity index (χ2v) is 3.56. The first-order valence-electron chi connectivity index (χ1n) is 4.60. The molecule has 0 aromatic heterocycles. The van der Waals surface area contributed by atoms with Crippen LogP contribution in [0, 0.1) is 0 Å². The molecule has 1 unspecified atom stereocenters. The van der Waals surface area contributed by atoms with Gasteiger partial charge in [0.15, 0.2) is 0 Å². The Bertz CT molecular complexity index is 323. The van der Waals surface area contributed by atoms with Crippen molar-refractivity contribution in [1.29, 1.82) is 0 Å². The largest absolute Gasteiger partial charge is 0.494 e. The van der Waals surface area contributed by atoms with E-state index in [0.717, 1.165) is 22.5 Å². The van der Waals surface area contributed by atoms with Gasteiger partial charge in [-0.25, -0.2) is 0 Å². The number of carbonyl (C=O) groups excluding carboxylic acids is 1. The molecule has 1 aromatic rings. The fourth-order valence-corrected chi connectivity index (χ4v) is 1.57. The lowest BCUT2D eigenvalue weighted by atomic mass is 10.0. The van der Waals surface area contributed by atoms with Crippen molar-refractivity contribution >= 4 is 18.9 Å². The summed E-state index contributed by atoms with van der Waals surface area (Å²) in [5.74, 6) is 0.650. The van der Waals surface area contributed by atoms with Crippen LogP contribution in [-0.4, -0.2) is 12.9 Å².